The molecule has 0 aliphatic rings. The largest absolute Gasteiger partial charge is 0.417 e. The van der Waals surface area contributed by atoms with Crippen molar-refractivity contribution in [3.63, 3.8) is 0 Å². The molecule has 114 valence electrons. The Morgan fingerprint density at radius 2 is 1.86 bits per heavy atom. The van der Waals surface area contributed by atoms with Crippen LogP contribution in [0.4, 0.5) is 5.69 Å². The number of hydrogen-bond donors (Lipinski definition) is 2. The van der Waals surface area contributed by atoms with Crippen LogP contribution in [0, 0.1) is 13.8 Å². The minimum Gasteiger partial charge on any atom is -0.408 e. The zero-order chi connectivity index (χ0) is 15.9. The van der Waals surface area contributed by atoms with Crippen molar-refractivity contribution in [2.24, 2.45) is 0 Å². The summed E-state index contributed by atoms with van der Waals surface area (Å²) in [5, 5.41) is 0. The summed E-state index contributed by atoms with van der Waals surface area (Å²) < 4.78 is 32.3. The topological polar surface area (TPSA) is 92.2 Å². The van der Waals surface area contributed by atoms with Crippen molar-refractivity contribution in [2.75, 3.05) is 4.72 Å². The van der Waals surface area contributed by atoms with E-state index in [1.807, 2.05) is 13.0 Å². The maximum atomic E-state index is 12.5. The van der Waals surface area contributed by atoms with Gasteiger partial charge in [0, 0.05) is 6.07 Å². The van der Waals surface area contributed by atoms with E-state index >= 15 is 0 Å². The average Bonchev–Trinajstić information content (AvgIpc) is 2.77. The predicted molar refractivity (Wildman–Crippen MR) is 83.6 cm³/mol. The van der Waals surface area contributed by atoms with Gasteiger partial charge in [0.05, 0.1) is 16.1 Å². The van der Waals surface area contributed by atoms with E-state index < -0.39 is 15.8 Å². The van der Waals surface area contributed by atoms with Gasteiger partial charge in [-0.05, 0) is 37.6 Å². The van der Waals surface area contributed by atoms with E-state index in [2.05, 4.69) is 9.71 Å². The third kappa shape index (κ3) is 2.62. The second-order valence-electron chi connectivity index (χ2n) is 5.10. The molecule has 3 aromatic rings. The fourth-order valence-electron chi connectivity index (χ4n) is 2.32. The molecule has 0 fully saturated rings. The van der Waals surface area contributed by atoms with Crippen LogP contribution >= 0.6 is 0 Å². The molecule has 22 heavy (non-hydrogen) atoms. The molecule has 0 amide bonds. The zero-order valence-corrected chi connectivity index (χ0v) is 12.8. The minimum atomic E-state index is -3.70. The van der Waals surface area contributed by atoms with Crippen molar-refractivity contribution in [1.82, 2.24) is 4.98 Å². The van der Waals surface area contributed by atoms with Gasteiger partial charge < -0.3 is 4.42 Å². The third-order valence-corrected chi connectivity index (χ3v) is 4.83. The van der Waals surface area contributed by atoms with Gasteiger partial charge in [-0.25, -0.2) is 13.2 Å². The van der Waals surface area contributed by atoms with E-state index in [1.165, 1.54) is 6.07 Å². The Balaban J connectivity index is 2.00. The number of aryl methyl sites for hydroxylation is 2. The van der Waals surface area contributed by atoms with Crippen LogP contribution in [-0.4, -0.2) is 13.4 Å². The number of H-pyrrole nitrogens is 1. The Morgan fingerprint density at radius 3 is 2.59 bits per heavy atom. The first kappa shape index (κ1) is 14.4. The molecule has 1 heterocycles. The highest BCUT2D eigenvalue weighted by atomic mass is 32.2. The summed E-state index contributed by atoms with van der Waals surface area (Å²) >= 11 is 0. The van der Waals surface area contributed by atoms with Gasteiger partial charge in [0.15, 0.2) is 5.58 Å². The van der Waals surface area contributed by atoms with Crippen LogP contribution < -0.4 is 10.5 Å². The van der Waals surface area contributed by atoms with Crippen LogP contribution in [0.25, 0.3) is 11.1 Å². The number of sulfonamides is 1. The van der Waals surface area contributed by atoms with Gasteiger partial charge in [-0.3, -0.25) is 9.71 Å². The van der Waals surface area contributed by atoms with Crippen LogP contribution in [0.3, 0.4) is 0 Å². The second kappa shape index (κ2) is 5.03. The number of benzene rings is 2. The highest BCUT2D eigenvalue weighted by Gasteiger charge is 2.17. The van der Waals surface area contributed by atoms with E-state index in [0.29, 0.717) is 22.4 Å². The summed E-state index contributed by atoms with van der Waals surface area (Å²) in [6.07, 6.45) is 0. The summed E-state index contributed by atoms with van der Waals surface area (Å²) in [6.45, 7) is 3.65. The van der Waals surface area contributed by atoms with E-state index in [0.717, 1.165) is 5.56 Å². The van der Waals surface area contributed by atoms with E-state index in [4.69, 9.17) is 4.42 Å². The Morgan fingerprint density at radius 1 is 1.09 bits per heavy atom. The lowest BCUT2D eigenvalue weighted by Gasteiger charge is -2.10. The Bertz CT molecular complexity index is 1020. The second-order valence-corrected chi connectivity index (χ2v) is 6.75. The summed E-state index contributed by atoms with van der Waals surface area (Å²) in [5.74, 6) is -0.579. The first-order chi connectivity index (χ1) is 10.3. The fourth-order valence-corrected chi connectivity index (χ4v) is 3.60. The molecular weight excluding hydrogens is 304 g/mol. The van der Waals surface area contributed by atoms with Crippen LogP contribution in [0.15, 0.2) is 50.5 Å². The van der Waals surface area contributed by atoms with Crippen molar-refractivity contribution < 1.29 is 12.8 Å². The molecule has 6 nitrogen and oxygen atoms in total. The summed E-state index contributed by atoms with van der Waals surface area (Å²) in [7, 11) is -3.70. The minimum absolute atomic E-state index is 0.216. The molecule has 1 aromatic heterocycles. The van der Waals surface area contributed by atoms with Crippen molar-refractivity contribution in [3.8, 4) is 0 Å². The average molecular weight is 318 g/mol. The highest BCUT2D eigenvalue weighted by Crippen LogP contribution is 2.22. The van der Waals surface area contributed by atoms with Crippen molar-refractivity contribution in [2.45, 2.75) is 18.7 Å². The van der Waals surface area contributed by atoms with Gasteiger partial charge in [-0.2, -0.15) is 0 Å². The number of oxazole rings is 1. The first-order valence-corrected chi connectivity index (χ1v) is 8.06. The maximum absolute atomic E-state index is 12.5. The van der Waals surface area contributed by atoms with Crippen molar-refractivity contribution in [3.05, 3.63) is 58.1 Å². The number of fused-ring (bicyclic) bond motifs is 1. The van der Waals surface area contributed by atoms with Gasteiger partial charge in [-0.1, -0.05) is 17.7 Å². The molecule has 0 saturated heterocycles. The van der Waals surface area contributed by atoms with Gasteiger partial charge in [-0.15, -0.1) is 0 Å². The van der Waals surface area contributed by atoms with Crippen LogP contribution in [0.2, 0.25) is 0 Å². The SMILES string of the molecule is Cc1ccc(S(=O)(=O)Nc2ccc3[nH]c(=O)oc3c2)c(C)c1. The van der Waals surface area contributed by atoms with E-state index in [1.54, 1.807) is 31.2 Å². The normalized spacial score (nSPS) is 11.7. The van der Waals surface area contributed by atoms with Crippen molar-refractivity contribution >= 4 is 26.8 Å². The number of aromatic amines is 1. The van der Waals surface area contributed by atoms with E-state index in [-0.39, 0.29) is 4.90 Å². The molecule has 2 N–H and O–H groups in total. The van der Waals surface area contributed by atoms with Crippen LogP contribution in [0.5, 0.6) is 0 Å². The molecule has 0 saturated carbocycles. The van der Waals surface area contributed by atoms with Crippen molar-refractivity contribution in [1.29, 1.82) is 0 Å². The lowest BCUT2D eigenvalue weighted by atomic mass is 10.2. The fraction of sp³-hybridized carbons (Fsp3) is 0.133. The maximum Gasteiger partial charge on any atom is 0.417 e. The van der Waals surface area contributed by atoms with Gasteiger partial charge in [0.1, 0.15) is 0 Å². The number of aromatic nitrogens is 1. The predicted octanol–water partition coefficient (Wildman–Crippen LogP) is 2.54. The van der Waals surface area contributed by atoms with Gasteiger partial charge in [0.25, 0.3) is 10.0 Å². The molecule has 0 aliphatic heterocycles. The highest BCUT2D eigenvalue weighted by molar-refractivity contribution is 7.92. The number of anilines is 1. The summed E-state index contributed by atoms with van der Waals surface area (Å²) in [5.41, 5.74) is 2.80. The Labute approximate surface area is 126 Å². The zero-order valence-electron chi connectivity index (χ0n) is 12.0. The summed E-state index contributed by atoms with van der Waals surface area (Å²) in [6, 6.07) is 9.74. The quantitative estimate of drug-likeness (QED) is 0.776. The number of hydrogen-bond acceptors (Lipinski definition) is 4. The smallest absolute Gasteiger partial charge is 0.408 e. The Kier molecular flexibility index (Phi) is 3.29. The Hall–Kier alpha value is -2.54. The van der Waals surface area contributed by atoms with Gasteiger partial charge >= 0.3 is 5.76 Å². The molecule has 0 spiro atoms. The molecule has 3 rings (SSSR count). The first-order valence-electron chi connectivity index (χ1n) is 6.58. The molecule has 0 aliphatic carbocycles. The van der Waals surface area contributed by atoms with Crippen LogP contribution in [0.1, 0.15) is 11.1 Å². The van der Waals surface area contributed by atoms with Crippen LogP contribution in [-0.2, 0) is 10.0 Å². The molecule has 7 heteroatoms. The molecule has 0 bridgehead atoms. The summed E-state index contributed by atoms with van der Waals surface area (Å²) in [4.78, 5) is 13.8. The monoisotopic (exact) mass is 318 g/mol. The number of nitrogens with one attached hydrogen (secondary N) is 2. The molecule has 2 aromatic carbocycles. The molecular formula is C15H14N2O4S. The van der Waals surface area contributed by atoms with E-state index in [9.17, 15) is 13.2 Å². The van der Waals surface area contributed by atoms with Gasteiger partial charge in [0.2, 0.25) is 0 Å². The standard InChI is InChI=1S/C15H14N2O4S/c1-9-3-6-14(10(2)7-9)22(19,20)17-11-4-5-12-13(8-11)21-15(18)16-12/h3-8,17H,1-2H3,(H,16,18). The molecule has 0 unspecified atom stereocenters. The lowest BCUT2D eigenvalue weighted by Crippen LogP contribution is -2.14. The third-order valence-electron chi connectivity index (χ3n) is 3.29. The molecule has 0 radical (unpaired) electrons. The molecule has 0 atom stereocenters. The lowest BCUT2D eigenvalue weighted by molar-refractivity contribution is 0.555. The number of rotatable bonds is 3.